The third-order valence-corrected chi connectivity index (χ3v) is 9.64. The van der Waals surface area contributed by atoms with Gasteiger partial charge in [0.25, 0.3) is 0 Å². The van der Waals surface area contributed by atoms with Crippen molar-refractivity contribution in [2.24, 2.45) is 17.3 Å². The Morgan fingerprint density at radius 2 is 1.50 bits per heavy atom. The van der Waals surface area contributed by atoms with E-state index in [1.807, 2.05) is 0 Å². The summed E-state index contributed by atoms with van der Waals surface area (Å²) in [6.45, 7) is 6.86. The molecule has 0 aromatic heterocycles. The van der Waals surface area contributed by atoms with Crippen molar-refractivity contribution in [3.63, 3.8) is 0 Å². The number of rotatable bonds is 5. The van der Waals surface area contributed by atoms with Crippen molar-refractivity contribution in [3.8, 4) is 0 Å². The van der Waals surface area contributed by atoms with Gasteiger partial charge in [-0.1, -0.05) is 64.7 Å². The number of nitrogens with zero attached hydrogens (tertiary/aromatic N) is 1. The number of fused-ring (bicyclic) bond motifs is 2. The van der Waals surface area contributed by atoms with Gasteiger partial charge < -0.3 is 9.64 Å². The third kappa shape index (κ3) is 4.56. The van der Waals surface area contributed by atoms with E-state index in [0.717, 1.165) is 11.8 Å². The summed E-state index contributed by atoms with van der Waals surface area (Å²) in [5.74, 6) is 1.66. The second-order valence-electron chi connectivity index (χ2n) is 11.8. The van der Waals surface area contributed by atoms with Crippen molar-refractivity contribution in [1.29, 1.82) is 0 Å². The molecule has 172 valence electrons. The minimum absolute atomic E-state index is 0.0221. The Labute approximate surface area is 185 Å². The van der Waals surface area contributed by atoms with Gasteiger partial charge in [-0.15, -0.1) is 0 Å². The number of carbonyl (C=O) groups is 1. The second-order valence-corrected chi connectivity index (χ2v) is 11.8. The fourth-order valence-corrected chi connectivity index (χ4v) is 7.78. The molecule has 3 nitrogen and oxygen atoms in total. The van der Waals surface area contributed by atoms with Crippen LogP contribution in [-0.2, 0) is 4.74 Å². The zero-order valence-corrected chi connectivity index (χ0v) is 20.1. The van der Waals surface area contributed by atoms with E-state index < -0.39 is 0 Å². The summed E-state index contributed by atoms with van der Waals surface area (Å²) in [7, 11) is 0. The smallest absolute Gasteiger partial charge is 0.410 e. The maximum Gasteiger partial charge on any atom is 0.410 e. The fraction of sp³-hybridized carbons (Fsp3) is 0.963. The molecule has 0 aromatic rings. The summed E-state index contributed by atoms with van der Waals surface area (Å²) in [6, 6.07) is 0.827. The van der Waals surface area contributed by atoms with Crippen molar-refractivity contribution >= 4 is 6.09 Å². The molecule has 4 aliphatic carbocycles. The lowest BCUT2D eigenvalue weighted by Gasteiger charge is -2.56. The van der Waals surface area contributed by atoms with Gasteiger partial charge in [0, 0.05) is 17.5 Å². The van der Waals surface area contributed by atoms with E-state index in [1.165, 1.54) is 109 Å². The van der Waals surface area contributed by atoms with Crippen LogP contribution in [0.1, 0.15) is 130 Å². The summed E-state index contributed by atoms with van der Waals surface area (Å²) in [6.07, 6.45) is 21.6. The minimum Gasteiger partial charge on any atom is -0.443 e. The molecule has 0 spiro atoms. The van der Waals surface area contributed by atoms with Gasteiger partial charge in [0.05, 0.1) is 0 Å². The molecule has 4 aliphatic rings. The number of ether oxygens (including phenoxy) is 1. The van der Waals surface area contributed by atoms with E-state index in [1.54, 1.807) is 0 Å². The molecule has 4 fully saturated rings. The molecule has 4 saturated carbocycles. The summed E-state index contributed by atoms with van der Waals surface area (Å²) in [4.78, 5) is 16.1. The predicted octanol–water partition coefficient (Wildman–Crippen LogP) is 7.87. The largest absolute Gasteiger partial charge is 0.443 e. The van der Waals surface area contributed by atoms with E-state index in [0.29, 0.717) is 12.1 Å². The average Bonchev–Trinajstić information content (AvgIpc) is 2.74. The van der Waals surface area contributed by atoms with Crippen LogP contribution >= 0.6 is 0 Å². The molecule has 0 aromatic carbocycles. The first-order valence-corrected chi connectivity index (χ1v) is 13.5. The van der Waals surface area contributed by atoms with Crippen LogP contribution in [-0.4, -0.2) is 28.7 Å². The number of carbonyl (C=O) groups excluding carboxylic acids is 1. The normalized spacial score (nSPS) is 33.8. The first-order chi connectivity index (χ1) is 14.4. The topological polar surface area (TPSA) is 29.5 Å². The summed E-state index contributed by atoms with van der Waals surface area (Å²) < 4.78 is 6.60. The molecule has 0 aliphatic heterocycles. The van der Waals surface area contributed by atoms with Gasteiger partial charge in [-0.3, -0.25) is 0 Å². The highest BCUT2D eigenvalue weighted by atomic mass is 16.6. The third-order valence-electron chi connectivity index (χ3n) is 9.64. The Morgan fingerprint density at radius 1 is 0.900 bits per heavy atom. The molecule has 2 bridgehead atoms. The highest BCUT2D eigenvalue weighted by Crippen LogP contribution is 2.58. The van der Waals surface area contributed by atoms with E-state index in [2.05, 4.69) is 25.7 Å². The number of hydrogen-bond donors (Lipinski definition) is 0. The lowest BCUT2D eigenvalue weighted by molar-refractivity contribution is -0.135. The molecule has 0 saturated heterocycles. The maximum atomic E-state index is 13.8. The molecule has 3 heteroatoms. The van der Waals surface area contributed by atoms with Gasteiger partial charge in [-0.05, 0) is 77.0 Å². The van der Waals surface area contributed by atoms with Crippen LogP contribution < -0.4 is 0 Å². The predicted molar refractivity (Wildman–Crippen MR) is 124 cm³/mol. The monoisotopic (exact) mass is 417 g/mol. The van der Waals surface area contributed by atoms with Gasteiger partial charge in [0.1, 0.15) is 5.60 Å². The van der Waals surface area contributed by atoms with Gasteiger partial charge in [-0.25, -0.2) is 4.79 Å². The molecule has 30 heavy (non-hydrogen) atoms. The van der Waals surface area contributed by atoms with Crippen molar-refractivity contribution in [2.75, 3.05) is 0 Å². The van der Waals surface area contributed by atoms with Crippen LogP contribution in [0.5, 0.6) is 0 Å². The van der Waals surface area contributed by atoms with Crippen molar-refractivity contribution in [1.82, 2.24) is 4.90 Å². The van der Waals surface area contributed by atoms with E-state index in [4.69, 9.17) is 4.74 Å². The van der Waals surface area contributed by atoms with Crippen molar-refractivity contribution in [2.45, 2.75) is 148 Å². The highest BCUT2D eigenvalue weighted by Gasteiger charge is 2.54. The van der Waals surface area contributed by atoms with Crippen LogP contribution in [0.2, 0.25) is 0 Å². The Bertz CT molecular complexity index is 557. The molecule has 0 heterocycles. The second kappa shape index (κ2) is 9.41. The molecular weight excluding hydrogens is 370 g/mol. The van der Waals surface area contributed by atoms with Crippen LogP contribution in [0.4, 0.5) is 4.79 Å². The van der Waals surface area contributed by atoms with Crippen LogP contribution in [0, 0.1) is 17.3 Å². The lowest BCUT2D eigenvalue weighted by atomic mass is 9.53. The molecule has 3 unspecified atom stereocenters. The van der Waals surface area contributed by atoms with Gasteiger partial charge in [0.15, 0.2) is 0 Å². The summed E-state index contributed by atoms with van der Waals surface area (Å²) in [5, 5.41) is 0. The Morgan fingerprint density at radius 3 is 2.07 bits per heavy atom. The van der Waals surface area contributed by atoms with Crippen molar-refractivity contribution < 1.29 is 9.53 Å². The first-order valence-electron chi connectivity index (χ1n) is 13.5. The van der Waals surface area contributed by atoms with E-state index in [-0.39, 0.29) is 17.1 Å². The molecule has 0 N–H and O–H groups in total. The van der Waals surface area contributed by atoms with Gasteiger partial charge in [0.2, 0.25) is 0 Å². The Balaban J connectivity index is 1.52. The summed E-state index contributed by atoms with van der Waals surface area (Å²) >= 11 is 0. The molecule has 0 radical (unpaired) electrons. The maximum absolute atomic E-state index is 13.8. The molecule has 3 atom stereocenters. The van der Waals surface area contributed by atoms with Crippen LogP contribution in [0.15, 0.2) is 0 Å². The Hall–Kier alpha value is -0.730. The SMILES string of the molecule is CCC1CC2CCCC(C(C)(C)OC(=O)N(C3CCCCC3)C3CCCCC3)(C1)C2. The summed E-state index contributed by atoms with van der Waals surface area (Å²) in [5.41, 5.74) is -0.173. The average molecular weight is 418 g/mol. The highest BCUT2D eigenvalue weighted by molar-refractivity contribution is 5.69. The zero-order valence-electron chi connectivity index (χ0n) is 20.1. The number of amides is 1. The fourth-order valence-electron chi connectivity index (χ4n) is 7.78. The molecule has 4 rings (SSSR count). The van der Waals surface area contributed by atoms with Crippen LogP contribution in [0.25, 0.3) is 0 Å². The molecular formula is C27H47NO2. The quantitative estimate of drug-likeness (QED) is 0.455. The van der Waals surface area contributed by atoms with Gasteiger partial charge >= 0.3 is 6.09 Å². The Kier molecular flexibility index (Phi) is 7.04. The van der Waals surface area contributed by atoms with E-state index >= 15 is 0 Å². The molecule has 1 amide bonds. The standard InChI is InChI=1S/C27H47NO2/c1-4-21-18-22-12-11-17-27(19-21,20-22)26(2,3)30-25(29)28(23-13-7-5-8-14-23)24-15-9-6-10-16-24/h21-24H,4-20H2,1-3H3. The zero-order chi connectivity index (χ0) is 21.2. The van der Waals surface area contributed by atoms with Crippen LogP contribution in [0.3, 0.4) is 0 Å². The number of hydrogen-bond acceptors (Lipinski definition) is 2. The first kappa shape index (κ1) is 22.5. The van der Waals surface area contributed by atoms with Crippen molar-refractivity contribution in [3.05, 3.63) is 0 Å². The minimum atomic E-state index is -0.363. The van der Waals surface area contributed by atoms with Gasteiger partial charge in [-0.2, -0.15) is 0 Å². The van der Waals surface area contributed by atoms with E-state index in [9.17, 15) is 4.79 Å². The lowest BCUT2D eigenvalue weighted by Crippen LogP contribution is -2.56.